The molecule has 0 amide bonds. The zero-order chi connectivity index (χ0) is 14.5. The number of nitrogens with zero attached hydrogens (tertiary/aromatic N) is 1. The number of para-hydroxylation sites is 1. The van der Waals surface area contributed by atoms with Crippen LogP contribution in [0.1, 0.15) is 23.4 Å². The molecule has 108 valence electrons. The van der Waals surface area contributed by atoms with Gasteiger partial charge in [-0.3, -0.25) is 0 Å². The average molecular weight is 297 g/mol. The Bertz CT molecular complexity index is 660. The van der Waals surface area contributed by atoms with Gasteiger partial charge in [0.15, 0.2) is 0 Å². The molecule has 0 aliphatic rings. The van der Waals surface area contributed by atoms with E-state index in [9.17, 15) is 5.11 Å². The quantitative estimate of drug-likeness (QED) is 0.739. The SMILES string of the molecule is OC(CCCc1ccccc1)Cc1nc2ccccc2s1. The molecule has 0 aliphatic carbocycles. The summed E-state index contributed by atoms with van der Waals surface area (Å²) in [6.45, 7) is 0. The van der Waals surface area contributed by atoms with Crippen LogP contribution in [0.2, 0.25) is 0 Å². The zero-order valence-corrected chi connectivity index (χ0v) is 12.7. The smallest absolute Gasteiger partial charge is 0.0964 e. The van der Waals surface area contributed by atoms with Crippen LogP contribution >= 0.6 is 11.3 Å². The molecule has 0 radical (unpaired) electrons. The molecule has 2 nitrogen and oxygen atoms in total. The maximum atomic E-state index is 10.2. The van der Waals surface area contributed by atoms with Crippen LogP contribution in [-0.2, 0) is 12.8 Å². The lowest BCUT2D eigenvalue weighted by Gasteiger charge is -2.08. The van der Waals surface area contributed by atoms with Crippen LogP contribution in [0.5, 0.6) is 0 Å². The fourth-order valence-electron chi connectivity index (χ4n) is 2.50. The van der Waals surface area contributed by atoms with Crippen molar-refractivity contribution in [2.45, 2.75) is 31.8 Å². The Morgan fingerprint density at radius 1 is 1.00 bits per heavy atom. The third kappa shape index (κ3) is 3.90. The predicted molar refractivity (Wildman–Crippen MR) is 88.7 cm³/mol. The van der Waals surface area contributed by atoms with E-state index in [1.54, 1.807) is 11.3 Å². The fraction of sp³-hybridized carbons (Fsp3) is 0.278. The number of aliphatic hydroxyl groups is 1. The first kappa shape index (κ1) is 14.2. The summed E-state index contributed by atoms with van der Waals surface area (Å²) in [6, 6.07) is 18.6. The van der Waals surface area contributed by atoms with E-state index in [4.69, 9.17) is 0 Å². The minimum absolute atomic E-state index is 0.297. The van der Waals surface area contributed by atoms with Gasteiger partial charge in [-0.05, 0) is 37.0 Å². The summed E-state index contributed by atoms with van der Waals surface area (Å²) in [5.41, 5.74) is 2.37. The third-order valence-corrected chi connectivity index (χ3v) is 4.65. The first-order chi connectivity index (χ1) is 10.3. The van der Waals surface area contributed by atoms with Crippen LogP contribution in [0, 0.1) is 0 Å². The van der Waals surface area contributed by atoms with Gasteiger partial charge in [0.1, 0.15) is 0 Å². The standard InChI is InChI=1S/C18H19NOS/c20-15(10-6-9-14-7-2-1-3-8-14)13-18-19-16-11-4-5-12-17(16)21-18/h1-5,7-8,11-12,15,20H,6,9-10,13H2. The molecule has 3 heteroatoms. The van der Waals surface area contributed by atoms with Crippen LogP contribution in [0.3, 0.4) is 0 Å². The van der Waals surface area contributed by atoms with Crippen molar-refractivity contribution in [1.29, 1.82) is 0 Å². The second-order valence-corrected chi connectivity index (χ2v) is 6.43. The highest BCUT2D eigenvalue weighted by molar-refractivity contribution is 7.18. The summed E-state index contributed by atoms with van der Waals surface area (Å²) >= 11 is 1.68. The van der Waals surface area contributed by atoms with Crippen LogP contribution < -0.4 is 0 Å². The summed E-state index contributed by atoms with van der Waals surface area (Å²) in [7, 11) is 0. The molecule has 0 fully saturated rings. The molecule has 0 saturated heterocycles. The number of aromatic nitrogens is 1. The van der Waals surface area contributed by atoms with Gasteiger partial charge in [0, 0.05) is 6.42 Å². The van der Waals surface area contributed by atoms with Gasteiger partial charge in [0.25, 0.3) is 0 Å². The van der Waals surface area contributed by atoms with E-state index in [2.05, 4.69) is 35.3 Å². The van der Waals surface area contributed by atoms with E-state index in [1.807, 2.05) is 24.3 Å². The van der Waals surface area contributed by atoms with E-state index in [0.29, 0.717) is 6.42 Å². The van der Waals surface area contributed by atoms with Crippen LogP contribution in [-0.4, -0.2) is 16.2 Å². The number of fused-ring (bicyclic) bond motifs is 1. The summed E-state index contributed by atoms with van der Waals surface area (Å²) < 4.78 is 1.20. The zero-order valence-electron chi connectivity index (χ0n) is 11.9. The van der Waals surface area contributed by atoms with Gasteiger partial charge in [0.2, 0.25) is 0 Å². The Hall–Kier alpha value is -1.71. The molecule has 1 aromatic heterocycles. The highest BCUT2D eigenvalue weighted by Gasteiger charge is 2.10. The largest absolute Gasteiger partial charge is 0.393 e. The normalized spacial score (nSPS) is 12.6. The van der Waals surface area contributed by atoms with Gasteiger partial charge in [0.05, 0.1) is 21.3 Å². The number of thiazole rings is 1. The fourth-order valence-corrected chi connectivity index (χ4v) is 3.54. The first-order valence-electron chi connectivity index (χ1n) is 7.38. The van der Waals surface area contributed by atoms with E-state index < -0.39 is 0 Å². The Labute approximate surface area is 129 Å². The Morgan fingerprint density at radius 2 is 1.76 bits per heavy atom. The van der Waals surface area contributed by atoms with Crippen LogP contribution in [0.25, 0.3) is 10.2 Å². The topological polar surface area (TPSA) is 33.1 Å². The number of hydrogen-bond acceptors (Lipinski definition) is 3. The van der Waals surface area contributed by atoms with Gasteiger partial charge in [-0.1, -0.05) is 42.5 Å². The molecule has 2 aromatic carbocycles. The highest BCUT2D eigenvalue weighted by Crippen LogP contribution is 2.23. The van der Waals surface area contributed by atoms with Crippen molar-refractivity contribution < 1.29 is 5.11 Å². The van der Waals surface area contributed by atoms with Gasteiger partial charge < -0.3 is 5.11 Å². The third-order valence-electron chi connectivity index (χ3n) is 3.59. The van der Waals surface area contributed by atoms with E-state index >= 15 is 0 Å². The number of benzene rings is 2. The molecule has 0 aliphatic heterocycles. The molecular formula is C18H19NOS. The molecule has 0 bridgehead atoms. The van der Waals surface area contributed by atoms with Crippen molar-refractivity contribution in [3.8, 4) is 0 Å². The maximum absolute atomic E-state index is 10.2. The Balaban J connectivity index is 1.50. The molecule has 21 heavy (non-hydrogen) atoms. The monoisotopic (exact) mass is 297 g/mol. The minimum Gasteiger partial charge on any atom is -0.393 e. The molecule has 3 aromatic rings. The average Bonchev–Trinajstić information content (AvgIpc) is 2.90. The molecule has 1 unspecified atom stereocenters. The second-order valence-electron chi connectivity index (χ2n) is 5.31. The van der Waals surface area contributed by atoms with Crippen molar-refractivity contribution in [2.24, 2.45) is 0 Å². The summed E-state index contributed by atoms with van der Waals surface area (Å²) in [4.78, 5) is 4.58. The second kappa shape index (κ2) is 6.83. The number of hydrogen-bond donors (Lipinski definition) is 1. The minimum atomic E-state index is -0.297. The molecule has 1 N–H and O–H groups in total. The van der Waals surface area contributed by atoms with E-state index in [-0.39, 0.29) is 6.10 Å². The van der Waals surface area contributed by atoms with Crippen molar-refractivity contribution >= 4 is 21.6 Å². The molecule has 1 atom stereocenters. The van der Waals surface area contributed by atoms with Crippen molar-refractivity contribution in [3.63, 3.8) is 0 Å². The maximum Gasteiger partial charge on any atom is 0.0964 e. The predicted octanol–water partition coefficient (Wildman–Crippen LogP) is 4.22. The van der Waals surface area contributed by atoms with Crippen LogP contribution in [0.4, 0.5) is 0 Å². The van der Waals surface area contributed by atoms with Crippen molar-refractivity contribution in [3.05, 3.63) is 65.2 Å². The molecule has 0 spiro atoms. The molecular weight excluding hydrogens is 278 g/mol. The van der Waals surface area contributed by atoms with Gasteiger partial charge in [-0.2, -0.15) is 0 Å². The van der Waals surface area contributed by atoms with Crippen molar-refractivity contribution in [1.82, 2.24) is 4.98 Å². The number of aryl methyl sites for hydroxylation is 1. The van der Waals surface area contributed by atoms with Crippen LogP contribution in [0.15, 0.2) is 54.6 Å². The highest BCUT2D eigenvalue weighted by atomic mass is 32.1. The number of rotatable bonds is 6. The van der Waals surface area contributed by atoms with E-state index in [1.165, 1.54) is 10.3 Å². The molecule has 0 saturated carbocycles. The van der Waals surface area contributed by atoms with Gasteiger partial charge in [-0.15, -0.1) is 11.3 Å². The lowest BCUT2D eigenvalue weighted by atomic mass is 10.0. The lowest BCUT2D eigenvalue weighted by Crippen LogP contribution is -2.10. The first-order valence-corrected chi connectivity index (χ1v) is 8.19. The Kier molecular flexibility index (Phi) is 4.63. The van der Waals surface area contributed by atoms with Crippen molar-refractivity contribution in [2.75, 3.05) is 0 Å². The van der Waals surface area contributed by atoms with Gasteiger partial charge in [-0.25, -0.2) is 4.98 Å². The summed E-state index contributed by atoms with van der Waals surface area (Å²) in [6.07, 6.45) is 3.22. The number of aliphatic hydroxyl groups excluding tert-OH is 1. The Morgan fingerprint density at radius 3 is 2.57 bits per heavy atom. The lowest BCUT2D eigenvalue weighted by molar-refractivity contribution is 0.162. The molecule has 3 rings (SSSR count). The summed E-state index contributed by atoms with van der Waals surface area (Å²) in [5.74, 6) is 0. The summed E-state index contributed by atoms with van der Waals surface area (Å²) in [5, 5.41) is 11.2. The molecule has 1 heterocycles. The van der Waals surface area contributed by atoms with Gasteiger partial charge >= 0.3 is 0 Å². The van der Waals surface area contributed by atoms with E-state index in [0.717, 1.165) is 29.8 Å².